The van der Waals surface area contributed by atoms with Crippen LogP contribution < -0.4 is 5.73 Å². The quantitative estimate of drug-likeness (QED) is 0.617. The molecule has 2 N–H and O–H groups in total. The summed E-state index contributed by atoms with van der Waals surface area (Å²) in [7, 11) is 0. The number of hydrogen-bond acceptors (Lipinski definition) is 3. The molecule has 3 heteroatoms. The van der Waals surface area contributed by atoms with Crippen molar-refractivity contribution in [1.29, 1.82) is 0 Å². The lowest BCUT2D eigenvalue weighted by molar-refractivity contribution is 0.509. The molecule has 0 amide bonds. The number of unbranched alkanes of at least 4 members (excludes halogenated alkanes) is 3. The monoisotopic (exact) mass is 218 g/mol. The average molecular weight is 218 g/mol. The summed E-state index contributed by atoms with van der Waals surface area (Å²) in [6, 6.07) is 5.59. The van der Waals surface area contributed by atoms with Gasteiger partial charge in [0.15, 0.2) is 11.5 Å². The minimum Gasteiger partial charge on any atom is -0.441 e. The molecule has 2 rings (SSSR count). The van der Waals surface area contributed by atoms with Crippen molar-refractivity contribution in [2.45, 2.75) is 39.0 Å². The first-order valence-electron chi connectivity index (χ1n) is 5.94. The van der Waals surface area contributed by atoms with Crippen molar-refractivity contribution < 1.29 is 4.42 Å². The second kappa shape index (κ2) is 5.01. The largest absolute Gasteiger partial charge is 0.441 e. The number of oxazole rings is 1. The first kappa shape index (κ1) is 11.0. The zero-order chi connectivity index (χ0) is 11.4. The Morgan fingerprint density at radius 3 is 2.94 bits per heavy atom. The summed E-state index contributed by atoms with van der Waals surface area (Å²) in [6.07, 6.45) is 5.86. The number of fused-ring (bicyclic) bond motifs is 1. The van der Waals surface area contributed by atoms with Crippen LogP contribution in [-0.2, 0) is 6.42 Å². The van der Waals surface area contributed by atoms with E-state index in [1.54, 1.807) is 0 Å². The number of nitrogen functional groups attached to an aromatic ring is 1. The van der Waals surface area contributed by atoms with Gasteiger partial charge in [-0.3, -0.25) is 0 Å². The first-order valence-corrected chi connectivity index (χ1v) is 5.94. The third-order valence-electron chi connectivity index (χ3n) is 2.70. The van der Waals surface area contributed by atoms with Gasteiger partial charge in [-0.2, -0.15) is 0 Å². The van der Waals surface area contributed by atoms with E-state index in [1.165, 1.54) is 19.3 Å². The van der Waals surface area contributed by atoms with Gasteiger partial charge in [0.25, 0.3) is 0 Å². The lowest BCUT2D eigenvalue weighted by atomic mass is 10.1. The van der Waals surface area contributed by atoms with Gasteiger partial charge in [-0.15, -0.1) is 0 Å². The number of nitrogens with two attached hydrogens (primary N) is 1. The van der Waals surface area contributed by atoms with Gasteiger partial charge in [0, 0.05) is 18.2 Å². The smallest absolute Gasteiger partial charge is 0.195 e. The van der Waals surface area contributed by atoms with E-state index < -0.39 is 0 Å². The lowest BCUT2D eigenvalue weighted by Crippen LogP contribution is -1.85. The van der Waals surface area contributed by atoms with Crippen LogP contribution in [0.3, 0.4) is 0 Å². The molecule has 0 spiro atoms. The van der Waals surface area contributed by atoms with Gasteiger partial charge in [0.1, 0.15) is 5.52 Å². The van der Waals surface area contributed by atoms with Gasteiger partial charge < -0.3 is 10.2 Å². The molecule has 0 aliphatic heterocycles. The number of benzene rings is 1. The highest BCUT2D eigenvalue weighted by Gasteiger charge is 2.05. The molecule has 0 atom stereocenters. The molecule has 0 saturated heterocycles. The van der Waals surface area contributed by atoms with Crippen LogP contribution in [0, 0.1) is 0 Å². The summed E-state index contributed by atoms with van der Waals surface area (Å²) in [6.45, 7) is 2.21. The zero-order valence-electron chi connectivity index (χ0n) is 9.70. The summed E-state index contributed by atoms with van der Waals surface area (Å²) < 4.78 is 5.64. The maximum absolute atomic E-state index is 5.69. The number of rotatable bonds is 5. The molecule has 0 bridgehead atoms. The van der Waals surface area contributed by atoms with Crippen molar-refractivity contribution in [3.8, 4) is 0 Å². The Morgan fingerprint density at radius 1 is 1.25 bits per heavy atom. The Kier molecular flexibility index (Phi) is 3.44. The highest BCUT2D eigenvalue weighted by atomic mass is 16.3. The molecule has 16 heavy (non-hydrogen) atoms. The van der Waals surface area contributed by atoms with E-state index in [4.69, 9.17) is 10.2 Å². The minimum absolute atomic E-state index is 0.723. The van der Waals surface area contributed by atoms with Crippen LogP contribution in [0.1, 0.15) is 38.5 Å². The molecule has 0 fully saturated rings. The van der Waals surface area contributed by atoms with Crippen LogP contribution in [0.2, 0.25) is 0 Å². The number of nitrogens with zero attached hydrogens (tertiary/aromatic N) is 1. The summed E-state index contributed by atoms with van der Waals surface area (Å²) >= 11 is 0. The number of aryl methyl sites for hydroxylation is 1. The molecule has 1 heterocycles. The molecule has 3 nitrogen and oxygen atoms in total. The fraction of sp³-hybridized carbons (Fsp3) is 0.462. The first-order chi connectivity index (χ1) is 7.79. The van der Waals surface area contributed by atoms with Crippen molar-refractivity contribution in [2.75, 3.05) is 5.73 Å². The third-order valence-corrected chi connectivity index (χ3v) is 2.70. The zero-order valence-corrected chi connectivity index (χ0v) is 9.70. The maximum Gasteiger partial charge on any atom is 0.195 e. The van der Waals surface area contributed by atoms with Gasteiger partial charge in [-0.1, -0.05) is 26.2 Å². The molecular formula is C13H18N2O. The summed E-state index contributed by atoms with van der Waals surface area (Å²) in [5.41, 5.74) is 8.11. The maximum atomic E-state index is 5.69. The van der Waals surface area contributed by atoms with Crippen molar-refractivity contribution in [3.05, 3.63) is 24.1 Å². The Bertz CT molecular complexity index is 462. The molecule has 0 aliphatic rings. The highest BCUT2D eigenvalue weighted by Crippen LogP contribution is 2.19. The summed E-state index contributed by atoms with van der Waals surface area (Å²) in [5.74, 6) is 0.830. The SMILES string of the molecule is CCCCCCc1nc2ccc(N)cc2o1. The van der Waals surface area contributed by atoms with E-state index in [0.717, 1.165) is 35.5 Å². The molecule has 0 unspecified atom stereocenters. The summed E-state index contributed by atoms with van der Waals surface area (Å²) in [4.78, 5) is 4.43. The molecule has 2 aromatic rings. The summed E-state index contributed by atoms with van der Waals surface area (Å²) in [5, 5.41) is 0. The lowest BCUT2D eigenvalue weighted by Gasteiger charge is -1.94. The van der Waals surface area contributed by atoms with E-state index in [9.17, 15) is 0 Å². The van der Waals surface area contributed by atoms with Crippen LogP contribution in [0.5, 0.6) is 0 Å². The van der Waals surface area contributed by atoms with Gasteiger partial charge in [0.05, 0.1) is 0 Å². The number of hydrogen-bond donors (Lipinski definition) is 1. The van der Waals surface area contributed by atoms with E-state index in [0.29, 0.717) is 0 Å². The second-order valence-electron chi connectivity index (χ2n) is 4.15. The molecule has 1 aromatic carbocycles. The van der Waals surface area contributed by atoms with Crippen LogP contribution >= 0.6 is 0 Å². The average Bonchev–Trinajstić information content (AvgIpc) is 2.66. The van der Waals surface area contributed by atoms with Crippen molar-refractivity contribution in [1.82, 2.24) is 4.98 Å². The normalized spacial score (nSPS) is 11.1. The van der Waals surface area contributed by atoms with Crippen molar-refractivity contribution >= 4 is 16.8 Å². The van der Waals surface area contributed by atoms with E-state index >= 15 is 0 Å². The van der Waals surface area contributed by atoms with Crippen LogP contribution in [0.25, 0.3) is 11.1 Å². The predicted molar refractivity (Wildman–Crippen MR) is 66.3 cm³/mol. The molecule has 1 aromatic heterocycles. The standard InChI is InChI=1S/C13H18N2O/c1-2-3-4-5-6-13-15-11-8-7-10(14)9-12(11)16-13/h7-9H,2-6,14H2,1H3. The van der Waals surface area contributed by atoms with Gasteiger partial charge in [-0.05, 0) is 18.6 Å². The second-order valence-corrected chi connectivity index (χ2v) is 4.15. The Hall–Kier alpha value is -1.51. The predicted octanol–water partition coefficient (Wildman–Crippen LogP) is 3.53. The molecule has 0 aliphatic carbocycles. The molecule has 0 saturated carbocycles. The number of anilines is 1. The Labute approximate surface area is 95.7 Å². The third kappa shape index (κ3) is 2.54. The Balaban J connectivity index is 2.02. The topological polar surface area (TPSA) is 52.0 Å². The van der Waals surface area contributed by atoms with Gasteiger partial charge in [-0.25, -0.2) is 4.98 Å². The van der Waals surface area contributed by atoms with E-state index in [-0.39, 0.29) is 0 Å². The van der Waals surface area contributed by atoms with E-state index in [2.05, 4.69) is 11.9 Å². The molecule has 86 valence electrons. The molecule has 0 radical (unpaired) electrons. The van der Waals surface area contributed by atoms with Crippen LogP contribution in [-0.4, -0.2) is 4.98 Å². The van der Waals surface area contributed by atoms with Crippen LogP contribution in [0.15, 0.2) is 22.6 Å². The van der Waals surface area contributed by atoms with Crippen LogP contribution in [0.4, 0.5) is 5.69 Å². The minimum atomic E-state index is 0.723. The van der Waals surface area contributed by atoms with Crippen molar-refractivity contribution in [3.63, 3.8) is 0 Å². The number of aromatic nitrogens is 1. The highest BCUT2D eigenvalue weighted by molar-refractivity contribution is 5.76. The molecular weight excluding hydrogens is 200 g/mol. The van der Waals surface area contributed by atoms with Gasteiger partial charge in [0.2, 0.25) is 0 Å². The van der Waals surface area contributed by atoms with E-state index in [1.807, 2.05) is 18.2 Å². The fourth-order valence-electron chi connectivity index (χ4n) is 1.80. The van der Waals surface area contributed by atoms with Crippen molar-refractivity contribution in [2.24, 2.45) is 0 Å². The van der Waals surface area contributed by atoms with Gasteiger partial charge >= 0.3 is 0 Å². The Morgan fingerprint density at radius 2 is 2.12 bits per heavy atom. The fourth-order valence-corrected chi connectivity index (χ4v) is 1.80.